The van der Waals surface area contributed by atoms with Gasteiger partial charge in [0, 0.05) is 28.7 Å². The molecule has 114 valence electrons. The van der Waals surface area contributed by atoms with Crippen molar-refractivity contribution >= 4 is 25.9 Å². The van der Waals surface area contributed by atoms with E-state index in [2.05, 4.69) is 19.2 Å². The standard InChI is InChI=1S/C12H24ClNO2.CH4O.BH/c1-10(2)5-8-16-12(3,4)6-7-14-11(15)9-13;1-2;/h10H,5-9H2,1-4H3,(H,14,15);2H,1H3;1H. The summed E-state index contributed by atoms with van der Waals surface area (Å²) in [4.78, 5) is 10.9. The quantitative estimate of drug-likeness (QED) is 0.527. The van der Waals surface area contributed by atoms with Crippen molar-refractivity contribution in [2.75, 3.05) is 26.1 Å². The number of aliphatic hydroxyl groups is 1. The number of amides is 1. The van der Waals surface area contributed by atoms with Gasteiger partial charge in [-0.15, -0.1) is 11.6 Å². The first-order valence-corrected chi connectivity index (χ1v) is 6.82. The highest BCUT2D eigenvalue weighted by atomic mass is 35.5. The molecule has 0 bridgehead atoms. The Kier molecular flexibility index (Phi) is 17.7. The molecule has 0 heterocycles. The van der Waals surface area contributed by atoms with Crippen LogP contribution in [0.15, 0.2) is 0 Å². The van der Waals surface area contributed by atoms with Crippen LogP contribution in [-0.4, -0.2) is 51.2 Å². The lowest BCUT2D eigenvalue weighted by Crippen LogP contribution is -2.33. The topological polar surface area (TPSA) is 58.6 Å². The Morgan fingerprint density at radius 1 is 1.37 bits per heavy atom. The van der Waals surface area contributed by atoms with Gasteiger partial charge >= 0.3 is 0 Å². The van der Waals surface area contributed by atoms with Gasteiger partial charge in [0.25, 0.3) is 0 Å². The van der Waals surface area contributed by atoms with Crippen LogP contribution in [0.1, 0.15) is 40.5 Å². The Balaban J connectivity index is -0.000000809. The molecule has 0 aliphatic heterocycles. The van der Waals surface area contributed by atoms with E-state index >= 15 is 0 Å². The second-order valence-corrected chi connectivity index (χ2v) is 5.29. The molecule has 0 aliphatic rings. The fourth-order valence-electron chi connectivity index (χ4n) is 1.19. The van der Waals surface area contributed by atoms with E-state index in [0.29, 0.717) is 12.5 Å². The predicted octanol–water partition coefficient (Wildman–Crippen LogP) is 1.53. The van der Waals surface area contributed by atoms with E-state index in [1.54, 1.807) is 0 Å². The van der Waals surface area contributed by atoms with Crippen molar-refractivity contribution in [3.63, 3.8) is 0 Å². The summed E-state index contributed by atoms with van der Waals surface area (Å²) in [6.07, 6.45) is 1.87. The number of carbonyl (C=O) groups is 1. The third kappa shape index (κ3) is 17.7. The van der Waals surface area contributed by atoms with Crippen LogP contribution < -0.4 is 5.32 Å². The van der Waals surface area contributed by atoms with E-state index in [4.69, 9.17) is 21.4 Å². The second-order valence-electron chi connectivity index (χ2n) is 5.02. The van der Waals surface area contributed by atoms with Crippen molar-refractivity contribution in [3.05, 3.63) is 0 Å². The lowest BCUT2D eigenvalue weighted by molar-refractivity contribution is -0.118. The van der Waals surface area contributed by atoms with Crippen molar-refractivity contribution in [2.45, 2.75) is 46.1 Å². The Morgan fingerprint density at radius 2 is 1.89 bits per heavy atom. The van der Waals surface area contributed by atoms with E-state index in [1.807, 2.05) is 13.8 Å². The number of ether oxygens (including phenoxy) is 1. The van der Waals surface area contributed by atoms with Crippen molar-refractivity contribution < 1.29 is 14.6 Å². The number of aliphatic hydroxyl groups excluding tert-OH is 1. The molecule has 0 aromatic rings. The summed E-state index contributed by atoms with van der Waals surface area (Å²) >= 11 is 5.38. The first kappa shape index (κ1) is 23.8. The molecule has 6 heteroatoms. The molecule has 0 unspecified atom stereocenters. The predicted molar refractivity (Wildman–Crippen MR) is 83.1 cm³/mol. The Bertz CT molecular complexity index is 214. The van der Waals surface area contributed by atoms with Gasteiger partial charge in [0.1, 0.15) is 5.88 Å². The minimum Gasteiger partial charge on any atom is -0.400 e. The fourth-order valence-corrected chi connectivity index (χ4v) is 1.29. The van der Waals surface area contributed by atoms with Crippen molar-refractivity contribution in [2.24, 2.45) is 5.92 Å². The summed E-state index contributed by atoms with van der Waals surface area (Å²) in [7, 11) is 1.00. The summed E-state index contributed by atoms with van der Waals surface area (Å²) in [5.74, 6) is 0.556. The highest BCUT2D eigenvalue weighted by Crippen LogP contribution is 2.15. The lowest BCUT2D eigenvalue weighted by Gasteiger charge is -2.26. The number of hydrogen-bond donors (Lipinski definition) is 2. The van der Waals surface area contributed by atoms with E-state index in [0.717, 1.165) is 26.6 Å². The summed E-state index contributed by atoms with van der Waals surface area (Å²) in [6, 6.07) is 0. The van der Waals surface area contributed by atoms with Gasteiger partial charge in [-0.25, -0.2) is 0 Å². The van der Waals surface area contributed by atoms with E-state index in [1.165, 1.54) is 0 Å². The molecule has 0 aliphatic carbocycles. The van der Waals surface area contributed by atoms with Crippen LogP contribution in [0, 0.1) is 5.92 Å². The number of carbonyl (C=O) groups excluding carboxylic acids is 1. The monoisotopic (exact) mass is 293 g/mol. The maximum absolute atomic E-state index is 10.9. The smallest absolute Gasteiger partial charge is 0.234 e. The second kappa shape index (κ2) is 14.2. The molecule has 0 atom stereocenters. The van der Waals surface area contributed by atoms with Gasteiger partial charge in [-0.3, -0.25) is 4.79 Å². The molecule has 2 radical (unpaired) electrons. The number of halogens is 1. The number of hydrogen-bond acceptors (Lipinski definition) is 3. The van der Waals surface area contributed by atoms with Gasteiger partial charge in [0.05, 0.1) is 5.60 Å². The average Bonchev–Trinajstić information content (AvgIpc) is 2.30. The van der Waals surface area contributed by atoms with Crippen molar-refractivity contribution in [1.29, 1.82) is 0 Å². The molecule has 2 N–H and O–H groups in total. The normalized spacial score (nSPS) is 10.3. The van der Waals surface area contributed by atoms with Gasteiger partial charge in [0.15, 0.2) is 0 Å². The van der Waals surface area contributed by atoms with Crippen molar-refractivity contribution in [1.82, 2.24) is 5.32 Å². The molecule has 0 aromatic carbocycles. The van der Waals surface area contributed by atoms with Crippen LogP contribution in [0.5, 0.6) is 0 Å². The summed E-state index contributed by atoms with van der Waals surface area (Å²) < 4.78 is 5.77. The SMILES string of the molecule is CC(C)CCOC(C)(C)CCNC(=O)CCl.CO.[BH]. The average molecular weight is 294 g/mol. The summed E-state index contributed by atoms with van der Waals surface area (Å²) in [5, 5.41) is 9.74. The van der Waals surface area contributed by atoms with Crippen LogP contribution in [0.2, 0.25) is 0 Å². The Hall–Kier alpha value is -0.255. The fraction of sp³-hybridized carbons (Fsp3) is 0.923. The lowest BCUT2D eigenvalue weighted by atomic mass is 10.0. The molecule has 0 spiro atoms. The van der Waals surface area contributed by atoms with Gasteiger partial charge in [-0.05, 0) is 32.6 Å². The maximum atomic E-state index is 10.9. The first-order valence-electron chi connectivity index (χ1n) is 6.29. The Labute approximate surface area is 124 Å². The minimum atomic E-state index is -0.186. The largest absolute Gasteiger partial charge is 0.400 e. The van der Waals surface area contributed by atoms with Crippen LogP contribution in [0.25, 0.3) is 0 Å². The number of nitrogens with one attached hydrogen (secondary N) is 1. The van der Waals surface area contributed by atoms with Gasteiger partial charge in [-0.1, -0.05) is 13.8 Å². The zero-order chi connectivity index (χ0) is 14.6. The molecular formula is C13H29BClNO3. The van der Waals surface area contributed by atoms with Gasteiger partial charge < -0.3 is 15.2 Å². The zero-order valence-corrected chi connectivity index (χ0v) is 13.7. The van der Waals surface area contributed by atoms with Gasteiger partial charge in [-0.2, -0.15) is 0 Å². The minimum absolute atomic E-state index is 0. The molecule has 4 nitrogen and oxygen atoms in total. The third-order valence-corrected chi connectivity index (χ3v) is 2.60. The molecule has 0 saturated heterocycles. The number of alkyl halides is 1. The molecule has 0 rings (SSSR count). The van der Waals surface area contributed by atoms with Gasteiger partial charge in [0.2, 0.25) is 5.91 Å². The van der Waals surface area contributed by atoms with Crippen LogP contribution in [0.4, 0.5) is 0 Å². The molecule has 0 aromatic heterocycles. The van der Waals surface area contributed by atoms with Crippen LogP contribution in [-0.2, 0) is 9.53 Å². The van der Waals surface area contributed by atoms with E-state index in [-0.39, 0.29) is 25.8 Å². The summed E-state index contributed by atoms with van der Waals surface area (Å²) in [6.45, 7) is 9.82. The highest BCUT2D eigenvalue weighted by molar-refractivity contribution is 6.27. The van der Waals surface area contributed by atoms with E-state index < -0.39 is 0 Å². The van der Waals surface area contributed by atoms with Crippen molar-refractivity contribution in [3.8, 4) is 0 Å². The summed E-state index contributed by atoms with van der Waals surface area (Å²) in [5.41, 5.74) is -0.186. The molecule has 0 saturated carbocycles. The van der Waals surface area contributed by atoms with Crippen LogP contribution >= 0.6 is 11.6 Å². The molecule has 0 fully saturated rings. The Morgan fingerprint density at radius 3 is 2.32 bits per heavy atom. The third-order valence-electron chi connectivity index (χ3n) is 2.36. The molecule has 1 amide bonds. The highest BCUT2D eigenvalue weighted by Gasteiger charge is 2.18. The first-order chi connectivity index (χ1) is 8.37. The zero-order valence-electron chi connectivity index (χ0n) is 13.0. The maximum Gasteiger partial charge on any atom is 0.234 e. The van der Waals surface area contributed by atoms with Crippen LogP contribution in [0.3, 0.4) is 0 Å². The number of rotatable bonds is 8. The molecular weight excluding hydrogens is 264 g/mol. The molecule has 19 heavy (non-hydrogen) atoms. The van der Waals surface area contributed by atoms with E-state index in [9.17, 15) is 4.79 Å².